The summed E-state index contributed by atoms with van der Waals surface area (Å²) in [5.41, 5.74) is 0.902. The lowest BCUT2D eigenvalue weighted by molar-refractivity contribution is 0.234. The molecule has 0 bridgehead atoms. The number of aryl methyl sites for hydroxylation is 1. The Morgan fingerprint density at radius 1 is 1.71 bits per heavy atom. The first-order chi connectivity index (χ1) is 8.19. The molecule has 1 unspecified atom stereocenters. The maximum atomic E-state index is 11.7. The van der Waals surface area contributed by atoms with Gasteiger partial charge < -0.3 is 10.4 Å². The summed E-state index contributed by atoms with van der Waals surface area (Å²) in [5, 5.41) is 17.0. The summed E-state index contributed by atoms with van der Waals surface area (Å²) in [6.07, 6.45) is 2.90. The summed E-state index contributed by atoms with van der Waals surface area (Å²) in [6, 6.07) is -0.147. The van der Waals surface area contributed by atoms with Crippen molar-refractivity contribution in [3.63, 3.8) is 0 Å². The summed E-state index contributed by atoms with van der Waals surface area (Å²) in [7, 11) is 0. The van der Waals surface area contributed by atoms with Crippen LogP contribution in [0, 0.1) is 12.8 Å². The molecule has 3 N–H and O–H groups in total. The molecule has 5 nitrogen and oxygen atoms in total. The van der Waals surface area contributed by atoms with Crippen molar-refractivity contribution in [2.75, 3.05) is 11.9 Å². The Morgan fingerprint density at radius 3 is 3.00 bits per heavy atom. The van der Waals surface area contributed by atoms with E-state index in [-0.39, 0.29) is 18.7 Å². The number of hydrogen-bond acceptors (Lipinski definition) is 4. The van der Waals surface area contributed by atoms with Crippen molar-refractivity contribution in [1.29, 1.82) is 0 Å². The summed E-state index contributed by atoms with van der Waals surface area (Å²) >= 11 is 1.41. The third-order valence-corrected chi connectivity index (χ3v) is 3.66. The molecule has 1 aliphatic rings. The predicted molar refractivity (Wildman–Crippen MR) is 67.2 cm³/mol. The van der Waals surface area contributed by atoms with Gasteiger partial charge in [0.15, 0.2) is 5.13 Å². The number of carbonyl (C=O) groups excluding carboxylic acids is 1. The zero-order valence-electron chi connectivity index (χ0n) is 9.77. The van der Waals surface area contributed by atoms with Gasteiger partial charge in [0.1, 0.15) is 0 Å². The number of anilines is 1. The van der Waals surface area contributed by atoms with Gasteiger partial charge in [0.25, 0.3) is 0 Å². The minimum atomic E-state index is -0.232. The third-order valence-electron chi connectivity index (χ3n) is 2.79. The van der Waals surface area contributed by atoms with Crippen molar-refractivity contribution in [2.24, 2.45) is 5.92 Å². The number of thiazole rings is 1. The molecule has 2 rings (SSSR count). The Morgan fingerprint density at radius 2 is 2.47 bits per heavy atom. The van der Waals surface area contributed by atoms with Gasteiger partial charge in [-0.2, -0.15) is 0 Å². The summed E-state index contributed by atoms with van der Waals surface area (Å²) in [5.74, 6) is 0.533. The number of aromatic nitrogens is 1. The van der Waals surface area contributed by atoms with Gasteiger partial charge in [-0.25, -0.2) is 9.78 Å². The van der Waals surface area contributed by atoms with Crippen LogP contribution in [0.1, 0.15) is 25.0 Å². The fraction of sp³-hybridized carbons (Fsp3) is 0.636. The van der Waals surface area contributed by atoms with Crippen molar-refractivity contribution in [1.82, 2.24) is 10.3 Å². The van der Waals surface area contributed by atoms with Crippen molar-refractivity contribution in [3.8, 4) is 0 Å². The number of hydrogen-bond donors (Lipinski definition) is 3. The SMILES string of the molecule is Cc1csc(NC(=O)NC(CCO)C2CC2)n1. The highest BCUT2D eigenvalue weighted by molar-refractivity contribution is 7.13. The first-order valence-electron chi connectivity index (χ1n) is 5.79. The number of urea groups is 1. The van der Waals surface area contributed by atoms with Crippen LogP contribution in [0.4, 0.5) is 9.93 Å². The topological polar surface area (TPSA) is 74.2 Å². The Balaban J connectivity index is 1.83. The standard InChI is InChI=1S/C11H17N3O2S/c1-7-6-17-11(12-7)14-10(16)13-9(4-5-15)8-2-3-8/h6,8-9,15H,2-5H2,1H3,(H2,12,13,14,16). The lowest BCUT2D eigenvalue weighted by atomic mass is 10.1. The minimum Gasteiger partial charge on any atom is -0.396 e. The molecule has 17 heavy (non-hydrogen) atoms. The van der Waals surface area contributed by atoms with E-state index < -0.39 is 0 Å². The summed E-state index contributed by atoms with van der Waals surface area (Å²) < 4.78 is 0. The summed E-state index contributed by atoms with van der Waals surface area (Å²) in [6.45, 7) is 2.00. The largest absolute Gasteiger partial charge is 0.396 e. The number of aliphatic hydroxyl groups is 1. The van der Waals surface area contributed by atoms with Crippen LogP contribution < -0.4 is 10.6 Å². The highest BCUT2D eigenvalue weighted by atomic mass is 32.1. The fourth-order valence-corrected chi connectivity index (χ4v) is 2.46. The average molecular weight is 255 g/mol. The van der Waals surface area contributed by atoms with E-state index in [1.54, 1.807) is 0 Å². The van der Waals surface area contributed by atoms with Crippen LogP contribution in [-0.4, -0.2) is 28.8 Å². The quantitative estimate of drug-likeness (QED) is 0.750. The normalized spacial score (nSPS) is 16.6. The number of rotatable bonds is 5. The van der Waals surface area contributed by atoms with Crippen molar-refractivity contribution in [3.05, 3.63) is 11.1 Å². The molecule has 0 aliphatic heterocycles. The van der Waals surface area contributed by atoms with Crippen LogP contribution >= 0.6 is 11.3 Å². The summed E-state index contributed by atoms with van der Waals surface area (Å²) in [4.78, 5) is 15.9. The lowest BCUT2D eigenvalue weighted by Gasteiger charge is -2.16. The van der Waals surface area contributed by atoms with E-state index in [1.165, 1.54) is 11.3 Å². The molecule has 1 saturated carbocycles. The first kappa shape index (κ1) is 12.3. The van der Waals surface area contributed by atoms with Crippen molar-refractivity contribution >= 4 is 22.5 Å². The van der Waals surface area contributed by atoms with Gasteiger partial charge in [0, 0.05) is 18.0 Å². The number of nitrogens with one attached hydrogen (secondary N) is 2. The first-order valence-corrected chi connectivity index (χ1v) is 6.67. The van der Waals surface area contributed by atoms with Crippen LogP contribution in [-0.2, 0) is 0 Å². The number of nitrogens with zero attached hydrogens (tertiary/aromatic N) is 1. The number of amides is 2. The highest BCUT2D eigenvalue weighted by Gasteiger charge is 2.31. The van der Waals surface area contributed by atoms with Crippen LogP contribution in [0.3, 0.4) is 0 Å². The smallest absolute Gasteiger partial charge is 0.321 e. The van der Waals surface area contributed by atoms with Crippen LogP contribution in [0.2, 0.25) is 0 Å². The van der Waals surface area contributed by atoms with E-state index in [2.05, 4.69) is 15.6 Å². The molecule has 6 heteroatoms. The van der Waals surface area contributed by atoms with Gasteiger partial charge in [0.2, 0.25) is 0 Å². The molecule has 0 saturated heterocycles. The minimum absolute atomic E-state index is 0.0843. The molecule has 0 aromatic carbocycles. The Hall–Kier alpha value is -1.14. The Bertz CT molecular complexity index is 390. The van der Waals surface area contributed by atoms with Gasteiger partial charge in [-0.1, -0.05) is 0 Å². The van der Waals surface area contributed by atoms with Gasteiger partial charge in [-0.15, -0.1) is 11.3 Å². The zero-order valence-corrected chi connectivity index (χ0v) is 10.6. The molecular formula is C11H17N3O2S. The van der Waals surface area contributed by atoms with E-state index >= 15 is 0 Å². The Kier molecular flexibility index (Phi) is 3.96. The van der Waals surface area contributed by atoms with E-state index in [4.69, 9.17) is 5.11 Å². The molecule has 1 aliphatic carbocycles. The molecule has 1 heterocycles. The Labute approximate surface area is 104 Å². The second-order valence-electron chi connectivity index (χ2n) is 4.35. The van der Waals surface area contributed by atoms with E-state index in [0.717, 1.165) is 18.5 Å². The molecule has 1 aromatic rings. The monoisotopic (exact) mass is 255 g/mol. The predicted octanol–water partition coefficient (Wildman–Crippen LogP) is 1.73. The zero-order chi connectivity index (χ0) is 12.3. The number of carbonyl (C=O) groups is 1. The molecule has 1 atom stereocenters. The average Bonchev–Trinajstić information content (AvgIpc) is 3.03. The van der Waals surface area contributed by atoms with Gasteiger partial charge in [0.05, 0.1) is 5.69 Å². The van der Waals surface area contributed by atoms with E-state index in [9.17, 15) is 4.79 Å². The van der Waals surface area contributed by atoms with Crippen molar-refractivity contribution < 1.29 is 9.90 Å². The molecule has 1 fully saturated rings. The second kappa shape index (κ2) is 5.46. The molecule has 0 radical (unpaired) electrons. The maximum absolute atomic E-state index is 11.7. The van der Waals surface area contributed by atoms with E-state index in [1.807, 2.05) is 12.3 Å². The van der Waals surface area contributed by atoms with Crippen LogP contribution in [0.25, 0.3) is 0 Å². The van der Waals surface area contributed by atoms with Crippen LogP contribution in [0.5, 0.6) is 0 Å². The third kappa shape index (κ3) is 3.67. The lowest BCUT2D eigenvalue weighted by Crippen LogP contribution is -2.39. The van der Waals surface area contributed by atoms with Crippen LogP contribution in [0.15, 0.2) is 5.38 Å². The molecule has 2 amide bonds. The molecule has 1 aromatic heterocycles. The van der Waals surface area contributed by atoms with Crippen molar-refractivity contribution in [2.45, 2.75) is 32.2 Å². The highest BCUT2D eigenvalue weighted by Crippen LogP contribution is 2.33. The van der Waals surface area contributed by atoms with Gasteiger partial charge in [-0.05, 0) is 32.1 Å². The fourth-order valence-electron chi connectivity index (χ4n) is 1.78. The molecular weight excluding hydrogens is 238 g/mol. The van der Waals surface area contributed by atoms with Gasteiger partial charge in [-0.3, -0.25) is 5.32 Å². The molecule has 0 spiro atoms. The van der Waals surface area contributed by atoms with Gasteiger partial charge >= 0.3 is 6.03 Å². The molecule has 94 valence electrons. The van der Waals surface area contributed by atoms with E-state index in [0.29, 0.717) is 17.5 Å². The maximum Gasteiger partial charge on any atom is 0.321 e. The number of aliphatic hydroxyl groups excluding tert-OH is 1. The second-order valence-corrected chi connectivity index (χ2v) is 5.21.